The second-order valence-corrected chi connectivity index (χ2v) is 6.03. The predicted octanol–water partition coefficient (Wildman–Crippen LogP) is 1.45. The topological polar surface area (TPSA) is 62.3 Å². The molecule has 20 heavy (non-hydrogen) atoms. The Balaban J connectivity index is 2.07. The lowest BCUT2D eigenvalue weighted by Gasteiger charge is -2.39. The van der Waals surface area contributed by atoms with Crippen LogP contribution in [0.5, 0.6) is 0 Å². The van der Waals surface area contributed by atoms with Gasteiger partial charge >= 0.3 is 0 Å². The zero-order valence-corrected chi connectivity index (χ0v) is 12.9. The second kappa shape index (κ2) is 6.35. The lowest BCUT2D eigenvalue weighted by atomic mass is 9.94. The first-order valence-electron chi connectivity index (χ1n) is 7.02. The first-order valence-corrected chi connectivity index (χ1v) is 7.96. The van der Waals surface area contributed by atoms with Gasteiger partial charge in [0.1, 0.15) is 12.1 Å². The molecule has 110 valence electrons. The number of nitrogens with zero attached hydrogens (tertiary/aromatic N) is 2. The van der Waals surface area contributed by atoms with Crippen LogP contribution >= 0.6 is 11.3 Å². The molecule has 1 aliphatic rings. The third-order valence-corrected chi connectivity index (χ3v) is 4.63. The highest BCUT2D eigenvalue weighted by molar-refractivity contribution is 7.07. The van der Waals surface area contributed by atoms with E-state index in [1.165, 1.54) is 0 Å². The number of rotatable bonds is 5. The van der Waals surface area contributed by atoms with Crippen LogP contribution in [-0.4, -0.2) is 40.3 Å². The molecule has 3 atom stereocenters. The SMILES string of the molecule is CCC(C)C1NC(=O)C(C)N(CCc2cscn2)C1=O. The summed E-state index contributed by atoms with van der Waals surface area (Å²) < 4.78 is 0. The molecule has 3 unspecified atom stereocenters. The fourth-order valence-electron chi connectivity index (χ4n) is 2.37. The maximum Gasteiger partial charge on any atom is 0.246 e. The number of aromatic nitrogens is 1. The van der Waals surface area contributed by atoms with Crippen LogP contribution in [0, 0.1) is 5.92 Å². The number of carbonyl (C=O) groups excluding carboxylic acids is 2. The molecule has 1 aromatic rings. The summed E-state index contributed by atoms with van der Waals surface area (Å²) in [5.74, 6) is 0.121. The number of amides is 2. The molecule has 2 rings (SSSR count). The van der Waals surface area contributed by atoms with Crippen LogP contribution in [0.15, 0.2) is 10.9 Å². The lowest BCUT2D eigenvalue weighted by molar-refractivity contribution is -0.150. The van der Waals surface area contributed by atoms with E-state index < -0.39 is 6.04 Å². The van der Waals surface area contributed by atoms with E-state index in [2.05, 4.69) is 10.3 Å². The summed E-state index contributed by atoms with van der Waals surface area (Å²) in [4.78, 5) is 30.5. The molecule has 0 radical (unpaired) electrons. The quantitative estimate of drug-likeness (QED) is 0.894. The third-order valence-electron chi connectivity index (χ3n) is 4.00. The van der Waals surface area contributed by atoms with Gasteiger partial charge in [-0.15, -0.1) is 11.3 Å². The highest BCUT2D eigenvalue weighted by Crippen LogP contribution is 2.18. The second-order valence-electron chi connectivity index (χ2n) is 5.31. The van der Waals surface area contributed by atoms with Crippen molar-refractivity contribution < 1.29 is 9.59 Å². The molecule has 2 amide bonds. The maximum absolute atomic E-state index is 12.5. The van der Waals surface area contributed by atoms with Gasteiger partial charge in [-0.2, -0.15) is 0 Å². The molecule has 1 saturated heterocycles. The first-order chi connectivity index (χ1) is 9.54. The van der Waals surface area contributed by atoms with Gasteiger partial charge in [0.2, 0.25) is 11.8 Å². The molecule has 1 aliphatic heterocycles. The lowest BCUT2D eigenvalue weighted by Crippen LogP contribution is -2.64. The Labute approximate surface area is 123 Å². The molecule has 1 fully saturated rings. The summed E-state index contributed by atoms with van der Waals surface area (Å²) in [6, 6.07) is -0.791. The summed E-state index contributed by atoms with van der Waals surface area (Å²) >= 11 is 1.54. The fraction of sp³-hybridized carbons (Fsp3) is 0.643. The number of thiazole rings is 1. The van der Waals surface area contributed by atoms with Gasteiger partial charge < -0.3 is 10.2 Å². The van der Waals surface area contributed by atoms with E-state index in [0.717, 1.165) is 12.1 Å². The maximum atomic E-state index is 12.5. The van der Waals surface area contributed by atoms with E-state index in [1.807, 2.05) is 19.2 Å². The molecule has 2 heterocycles. The van der Waals surface area contributed by atoms with E-state index in [1.54, 1.807) is 28.7 Å². The van der Waals surface area contributed by atoms with Gasteiger partial charge in [-0.05, 0) is 12.8 Å². The van der Waals surface area contributed by atoms with Gasteiger partial charge in [0.05, 0.1) is 11.2 Å². The number of hydrogen-bond acceptors (Lipinski definition) is 4. The van der Waals surface area contributed by atoms with E-state index in [9.17, 15) is 9.59 Å². The van der Waals surface area contributed by atoms with Crippen LogP contribution in [0.1, 0.15) is 32.9 Å². The number of hydrogen-bond donors (Lipinski definition) is 1. The van der Waals surface area contributed by atoms with Gasteiger partial charge in [0.15, 0.2) is 0 Å². The normalized spacial score (nSPS) is 24.6. The van der Waals surface area contributed by atoms with Crippen LogP contribution < -0.4 is 5.32 Å². The van der Waals surface area contributed by atoms with Crippen molar-refractivity contribution in [1.82, 2.24) is 15.2 Å². The molecule has 5 nitrogen and oxygen atoms in total. The first kappa shape index (κ1) is 15.0. The average Bonchev–Trinajstić information content (AvgIpc) is 2.95. The van der Waals surface area contributed by atoms with E-state index in [4.69, 9.17) is 0 Å². The molecular weight excluding hydrogens is 274 g/mol. The van der Waals surface area contributed by atoms with Crippen LogP contribution in [0.2, 0.25) is 0 Å². The minimum Gasteiger partial charge on any atom is -0.342 e. The Morgan fingerprint density at radius 2 is 2.25 bits per heavy atom. The van der Waals surface area contributed by atoms with E-state index in [0.29, 0.717) is 13.0 Å². The van der Waals surface area contributed by atoms with Crippen molar-refractivity contribution >= 4 is 23.2 Å². The average molecular weight is 295 g/mol. The molecule has 0 aliphatic carbocycles. The summed E-state index contributed by atoms with van der Waals surface area (Å²) in [6.45, 7) is 6.35. The van der Waals surface area contributed by atoms with Crippen molar-refractivity contribution in [3.63, 3.8) is 0 Å². The molecule has 1 N–H and O–H groups in total. The minimum absolute atomic E-state index is 0.0293. The Morgan fingerprint density at radius 1 is 1.50 bits per heavy atom. The van der Waals surface area contributed by atoms with E-state index >= 15 is 0 Å². The zero-order valence-electron chi connectivity index (χ0n) is 12.1. The van der Waals surface area contributed by atoms with Crippen LogP contribution in [0.3, 0.4) is 0 Å². The third kappa shape index (κ3) is 3.00. The molecule has 6 heteroatoms. The number of carbonyl (C=O) groups is 2. The number of piperazine rings is 1. The largest absolute Gasteiger partial charge is 0.342 e. The van der Waals surface area contributed by atoms with Crippen molar-refractivity contribution in [2.75, 3.05) is 6.54 Å². The monoisotopic (exact) mass is 295 g/mol. The minimum atomic E-state index is -0.401. The van der Waals surface area contributed by atoms with Crippen LogP contribution in [-0.2, 0) is 16.0 Å². The van der Waals surface area contributed by atoms with Crippen molar-refractivity contribution in [2.45, 2.75) is 45.7 Å². The Kier molecular flexibility index (Phi) is 4.75. The molecule has 0 bridgehead atoms. The molecule has 1 aromatic heterocycles. The smallest absolute Gasteiger partial charge is 0.246 e. The Morgan fingerprint density at radius 3 is 2.85 bits per heavy atom. The van der Waals surface area contributed by atoms with Gasteiger partial charge in [0.25, 0.3) is 0 Å². The van der Waals surface area contributed by atoms with Crippen molar-refractivity contribution in [2.24, 2.45) is 5.92 Å². The Bertz CT molecular complexity index is 475. The van der Waals surface area contributed by atoms with Gasteiger partial charge in [-0.3, -0.25) is 9.59 Å². The fourth-order valence-corrected chi connectivity index (χ4v) is 2.96. The summed E-state index contributed by atoms with van der Waals surface area (Å²) in [5, 5.41) is 4.82. The highest BCUT2D eigenvalue weighted by Gasteiger charge is 2.39. The molecule has 0 aromatic carbocycles. The number of nitrogens with one attached hydrogen (secondary N) is 1. The highest BCUT2D eigenvalue weighted by atomic mass is 32.1. The van der Waals surface area contributed by atoms with Crippen molar-refractivity contribution in [3.8, 4) is 0 Å². The molecular formula is C14H21N3O2S. The van der Waals surface area contributed by atoms with Crippen molar-refractivity contribution in [3.05, 3.63) is 16.6 Å². The van der Waals surface area contributed by atoms with Crippen LogP contribution in [0.25, 0.3) is 0 Å². The molecule has 0 spiro atoms. The van der Waals surface area contributed by atoms with Gasteiger partial charge in [-0.1, -0.05) is 20.3 Å². The molecule has 0 saturated carbocycles. The van der Waals surface area contributed by atoms with Crippen molar-refractivity contribution in [1.29, 1.82) is 0 Å². The van der Waals surface area contributed by atoms with Gasteiger partial charge in [0, 0.05) is 18.3 Å². The summed E-state index contributed by atoms with van der Waals surface area (Å²) in [7, 11) is 0. The summed E-state index contributed by atoms with van der Waals surface area (Å²) in [5.41, 5.74) is 2.76. The standard InChI is InChI=1S/C14H21N3O2S/c1-4-9(2)12-14(19)17(10(3)13(18)16-12)6-5-11-7-20-8-15-11/h7-10,12H,4-6H2,1-3H3,(H,16,18). The van der Waals surface area contributed by atoms with E-state index in [-0.39, 0.29) is 23.8 Å². The summed E-state index contributed by atoms with van der Waals surface area (Å²) in [6.07, 6.45) is 1.56. The Hall–Kier alpha value is -1.43. The predicted molar refractivity (Wildman–Crippen MR) is 78.4 cm³/mol. The van der Waals surface area contributed by atoms with Gasteiger partial charge in [-0.25, -0.2) is 4.98 Å². The zero-order chi connectivity index (χ0) is 14.7. The van der Waals surface area contributed by atoms with Crippen LogP contribution in [0.4, 0.5) is 0 Å².